The standard InChI is InChI=1S/C13H16N2O2S2/c1-10-6-7-18-13(10)8-15-19(16,17)9-11-4-2-3-5-12(11)14/h2-7,15H,8-9,14H2,1H3. The van der Waals surface area contributed by atoms with Crippen molar-refractivity contribution in [3.63, 3.8) is 0 Å². The summed E-state index contributed by atoms with van der Waals surface area (Å²) in [5, 5.41) is 1.95. The van der Waals surface area contributed by atoms with Crippen LogP contribution < -0.4 is 10.5 Å². The van der Waals surface area contributed by atoms with E-state index in [-0.39, 0.29) is 5.75 Å². The average Bonchev–Trinajstić information content (AvgIpc) is 2.75. The first kappa shape index (κ1) is 14.0. The summed E-state index contributed by atoms with van der Waals surface area (Å²) in [7, 11) is -3.37. The van der Waals surface area contributed by atoms with E-state index >= 15 is 0 Å². The van der Waals surface area contributed by atoms with Gasteiger partial charge in [0.25, 0.3) is 0 Å². The molecule has 1 heterocycles. The van der Waals surface area contributed by atoms with Gasteiger partial charge in [0, 0.05) is 17.1 Å². The number of thiophene rings is 1. The Kier molecular flexibility index (Phi) is 4.24. The molecule has 0 spiro atoms. The fourth-order valence-corrected chi connectivity index (χ4v) is 3.76. The monoisotopic (exact) mass is 296 g/mol. The van der Waals surface area contributed by atoms with E-state index in [0.29, 0.717) is 17.8 Å². The van der Waals surface area contributed by atoms with Crippen LogP contribution in [0, 0.1) is 6.92 Å². The second kappa shape index (κ2) is 5.73. The summed E-state index contributed by atoms with van der Waals surface area (Å²) < 4.78 is 26.6. The van der Waals surface area contributed by atoms with Gasteiger partial charge in [0.2, 0.25) is 10.0 Å². The minimum atomic E-state index is -3.37. The number of para-hydroxylation sites is 1. The molecule has 2 aromatic rings. The fourth-order valence-electron chi connectivity index (χ4n) is 1.68. The van der Waals surface area contributed by atoms with Crippen LogP contribution in [0.5, 0.6) is 0 Å². The highest BCUT2D eigenvalue weighted by molar-refractivity contribution is 7.88. The third-order valence-corrected chi connectivity index (χ3v) is 5.12. The van der Waals surface area contributed by atoms with Gasteiger partial charge in [0.15, 0.2) is 0 Å². The maximum Gasteiger partial charge on any atom is 0.216 e. The average molecular weight is 296 g/mol. The molecule has 0 fully saturated rings. The van der Waals surface area contributed by atoms with Crippen molar-refractivity contribution in [2.45, 2.75) is 19.2 Å². The van der Waals surface area contributed by atoms with Crippen molar-refractivity contribution in [3.05, 3.63) is 51.7 Å². The van der Waals surface area contributed by atoms with Gasteiger partial charge < -0.3 is 5.73 Å². The molecule has 3 N–H and O–H groups in total. The Morgan fingerprint density at radius 3 is 2.63 bits per heavy atom. The van der Waals surface area contributed by atoms with E-state index in [2.05, 4.69) is 4.72 Å². The second-order valence-electron chi connectivity index (χ2n) is 4.31. The van der Waals surface area contributed by atoms with Crippen molar-refractivity contribution in [1.29, 1.82) is 0 Å². The van der Waals surface area contributed by atoms with E-state index in [1.165, 1.54) is 0 Å². The van der Waals surface area contributed by atoms with Crippen molar-refractivity contribution in [1.82, 2.24) is 4.72 Å². The molecule has 1 aromatic heterocycles. The molecule has 0 unspecified atom stereocenters. The number of rotatable bonds is 5. The number of nitrogens with two attached hydrogens (primary N) is 1. The minimum absolute atomic E-state index is 0.0932. The minimum Gasteiger partial charge on any atom is -0.398 e. The highest BCUT2D eigenvalue weighted by Gasteiger charge is 2.13. The van der Waals surface area contributed by atoms with Gasteiger partial charge >= 0.3 is 0 Å². The predicted molar refractivity (Wildman–Crippen MR) is 79.4 cm³/mol. The molecule has 0 amide bonds. The van der Waals surface area contributed by atoms with E-state index in [1.807, 2.05) is 18.4 Å². The van der Waals surface area contributed by atoms with Crippen LogP contribution in [0.4, 0.5) is 5.69 Å². The number of hydrogen-bond donors (Lipinski definition) is 2. The molecule has 0 aliphatic carbocycles. The van der Waals surface area contributed by atoms with Crippen molar-refractivity contribution >= 4 is 27.0 Å². The smallest absolute Gasteiger partial charge is 0.216 e. The first-order valence-electron chi connectivity index (χ1n) is 5.81. The van der Waals surface area contributed by atoms with Crippen LogP contribution in [0.1, 0.15) is 16.0 Å². The summed E-state index contributed by atoms with van der Waals surface area (Å²) >= 11 is 1.55. The van der Waals surface area contributed by atoms with Crippen LogP contribution in [0.2, 0.25) is 0 Å². The zero-order valence-electron chi connectivity index (χ0n) is 10.6. The van der Waals surface area contributed by atoms with E-state index in [4.69, 9.17) is 5.73 Å². The number of anilines is 1. The van der Waals surface area contributed by atoms with Crippen molar-refractivity contribution in [2.24, 2.45) is 0 Å². The van der Waals surface area contributed by atoms with Gasteiger partial charge in [-0.1, -0.05) is 18.2 Å². The summed E-state index contributed by atoms with van der Waals surface area (Å²) in [6.45, 7) is 2.30. The Bertz CT molecular complexity index is 663. The molecule has 6 heteroatoms. The fraction of sp³-hybridized carbons (Fsp3) is 0.231. The van der Waals surface area contributed by atoms with Crippen LogP contribution in [0.25, 0.3) is 0 Å². The van der Waals surface area contributed by atoms with Crippen LogP contribution in [-0.4, -0.2) is 8.42 Å². The van der Waals surface area contributed by atoms with Crippen LogP contribution in [0.15, 0.2) is 35.7 Å². The van der Waals surface area contributed by atoms with Gasteiger partial charge in [-0.25, -0.2) is 13.1 Å². The van der Waals surface area contributed by atoms with E-state index < -0.39 is 10.0 Å². The maximum atomic E-state index is 12.0. The summed E-state index contributed by atoms with van der Waals surface area (Å²) in [6, 6.07) is 8.97. The Hall–Kier alpha value is -1.37. The maximum absolute atomic E-state index is 12.0. The van der Waals surface area contributed by atoms with Gasteiger partial charge in [-0.15, -0.1) is 11.3 Å². The highest BCUT2D eigenvalue weighted by atomic mass is 32.2. The third-order valence-electron chi connectivity index (χ3n) is 2.82. The number of benzene rings is 1. The highest BCUT2D eigenvalue weighted by Crippen LogP contribution is 2.17. The van der Waals surface area contributed by atoms with Crippen molar-refractivity contribution in [2.75, 3.05) is 5.73 Å². The molecule has 0 aliphatic rings. The molecule has 0 bridgehead atoms. The number of hydrogen-bond acceptors (Lipinski definition) is 4. The zero-order chi connectivity index (χ0) is 13.9. The van der Waals surface area contributed by atoms with Gasteiger partial charge in [-0.05, 0) is 35.6 Å². The molecule has 102 valence electrons. The molecular formula is C13H16N2O2S2. The summed E-state index contributed by atoms with van der Waals surface area (Å²) in [4.78, 5) is 1.03. The van der Waals surface area contributed by atoms with Gasteiger partial charge in [-0.3, -0.25) is 0 Å². The molecule has 1 aromatic carbocycles. The summed E-state index contributed by atoms with van der Waals surface area (Å²) in [5.74, 6) is -0.0932. The molecular weight excluding hydrogens is 280 g/mol. The Morgan fingerprint density at radius 2 is 2.00 bits per heavy atom. The number of nitrogens with one attached hydrogen (secondary N) is 1. The molecule has 19 heavy (non-hydrogen) atoms. The van der Waals surface area contributed by atoms with Crippen molar-refractivity contribution in [3.8, 4) is 0 Å². The van der Waals surface area contributed by atoms with Gasteiger partial charge in [-0.2, -0.15) is 0 Å². The van der Waals surface area contributed by atoms with Crippen LogP contribution >= 0.6 is 11.3 Å². The van der Waals surface area contributed by atoms with Gasteiger partial charge in [0.05, 0.1) is 5.75 Å². The Balaban J connectivity index is 2.04. The molecule has 2 rings (SSSR count). The summed E-state index contributed by atoms with van der Waals surface area (Å²) in [6.07, 6.45) is 0. The molecule has 0 radical (unpaired) electrons. The Morgan fingerprint density at radius 1 is 1.26 bits per heavy atom. The molecule has 0 aliphatic heterocycles. The lowest BCUT2D eigenvalue weighted by molar-refractivity contribution is 0.581. The lowest BCUT2D eigenvalue weighted by atomic mass is 10.2. The molecule has 4 nitrogen and oxygen atoms in total. The molecule has 0 saturated heterocycles. The van der Waals surface area contributed by atoms with Crippen molar-refractivity contribution < 1.29 is 8.42 Å². The number of aryl methyl sites for hydroxylation is 1. The lowest BCUT2D eigenvalue weighted by Crippen LogP contribution is -2.24. The van der Waals surface area contributed by atoms with E-state index in [0.717, 1.165) is 10.4 Å². The van der Waals surface area contributed by atoms with Gasteiger partial charge in [0.1, 0.15) is 0 Å². The predicted octanol–water partition coefficient (Wildman–Crippen LogP) is 2.26. The number of sulfonamides is 1. The topological polar surface area (TPSA) is 72.2 Å². The largest absolute Gasteiger partial charge is 0.398 e. The normalized spacial score (nSPS) is 11.6. The Labute approximate surface area is 117 Å². The lowest BCUT2D eigenvalue weighted by Gasteiger charge is -2.08. The third kappa shape index (κ3) is 3.79. The molecule has 0 atom stereocenters. The first-order chi connectivity index (χ1) is 8.98. The SMILES string of the molecule is Cc1ccsc1CNS(=O)(=O)Cc1ccccc1N. The quantitative estimate of drug-likeness (QED) is 0.831. The van der Waals surface area contributed by atoms with E-state index in [1.54, 1.807) is 35.6 Å². The molecule has 0 saturated carbocycles. The summed E-state index contributed by atoms with van der Waals surface area (Å²) in [5.41, 5.74) is 7.98. The second-order valence-corrected chi connectivity index (χ2v) is 7.11. The number of nitrogen functional groups attached to an aromatic ring is 1. The van der Waals surface area contributed by atoms with Crippen LogP contribution in [-0.2, 0) is 22.3 Å². The van der Waals surface area contributed by atoms with E-state index in [9.17, 15) is 8.42 Å². The zero-order valence-corrected chi connectivity index (χ0v) is 12.2. The van der Waals surface area contributed by atoms with Crippen LogP contribution in [0.3, 0.4) is 0 Å². The first-order valence-corrected chi connectivity index (χ1v) is 8.35.